The second-order valence-corrected chi connectivity index (χ2v) is 3.89. The molecule has 1 fully saturated rings. The van der Waals surface area contributed by atoms with Gasteiger partial charge in [0.05, 0.1) is 12.2 Å². The molecule has 0 saturated carbocycles. The number of carbonyl (C=O) groups is 1. The average molecular weight is 220 g/mol. The molecule has 1 aliphatic rings. The maximum absolute atomic E-state index is 11.7. The predicted molar refractivity (Wildman–Crippen MR) is 59.7 cm³/mol. The highest BCUT2D eigenvalue weighted by molar-refractivity contribution is 5.80. The highest BCUT2D eigenvalue weighted by Crippen LogP contribution is 2.12. The molecule has 4 heteroatoms. The van der Waals surface area contributed by atoms with Crippen LogP contribution in [0.5, 0.6) is 0 Å². The van der Waals surface area contributed by atoms with Gasteiger partial charge in [-0.15, -0.1) is 0 Å². The van der Waals surface area contributed by atoms with Crippen molar-refractivity contribution in [2.75, 3.05) is 6.61 Å². The third-order valence-corrected chi connectivity index (χ3v) is 2.64. The van der Waals surface area contributed by atoms with Crippen molar-refractivity contribution in [1.29, 1.82) is 0 Å². The Labute approximate surface area is 95.0 Å². The smallest absolute Gasteiger partial charge is 0.249 e. The minimum absolute atomic E-state index is 0.0228. The Bertz CT molecular complexity index is 334. The van der Waals surface area contributed by atoms with Gasteiger partial charge in [0.25, 0.3) is 0 Å². The van der Waals surface area contributed by atoms with Crippen molar-refractivity contribution >= 4 is 5.91 Å². The minimum Gasteiger partial charge on any atom is -0.368 e. The Balaban J connectivity index is 1.79. The molecule has 16 heavy (non-hydrogen) atoms. The highest BCUT2D eigenvalue weighted by atomic mass is 16.5. The van der Waals surface area contributed by atoms with Crippen LogP contribution >= 0.6 is 0 Å². The number of hydrogen-bond acceptors (Lipinski definition) is 3. The van der Waals surface area contributed by atoms with Crippen molar-refractivity contribution in [3.63, 3.8) is 0 Å². The highest BCUT2D eigenvalue weighted by Gasteiger charge is 2.21. The van der Waals surface area contributed by atoms with E-state index in [1.807, 2.05) is 18.2 Å². The lowest BCUT2D eigenvalue weighted by Crippen LogP contribution is -2.38. The van der Waals surface area contributed by atoms with Crippen LogP contribution in [0.25, 0.3) is 0 Å². The number of aromatic nitrogens is 1. The lowest BCUT2D eigenvalue weighted by molar-refractivity contribution is -0.135. The molecule has 2 rings (SSSR count). The zero-order chi connectivity index (χ0) is 11.2. The van der Waals surface area contributed by atoms with Crippen molar-refractivity contribution in [3.05, 3.63) is 30.1 Å². The number of rotatable bonds is 3. The molecule has 1 aliphatic heterocycles. The normalized spacial score (nSPS) is 20.4. The molecular formula is C12H16N2O2. The maximum atomic E-state index is 11.7. The molecule has 1 N–H and O–H groups in total. The zero-order valence-electron chi connectivity index (χ0n) is 9.19. The summed E-state index contributed by atoms with van der Waals surface area (Å²) in [5, 5.41) is 2.84. The summed E-state index contributed by atoms with van der Waals surface area (Å²) in [4.78, 5) is 15.8. The molecule has 0 aliphatic carbocycles. The van der Waals surface area contributed by atoms with E-state index in [2.05, 4.69) is 10.3 Å². The summed E-state index contributed by atoms with van der Waals surface area (Å²) in [6.45, 7) is 1.17. The van der Waals surface area contributed by atoms with Crippen LogP contribution in [0.4, 0.5) is 0 Å². The van der Waals surface area contributed by atoms with Gasteiger partial charge in [0.15, 0.2) is 0 Å². The quantitative estimate of drug-likeness (QED) is 0.834. The molecule has 1 unspecified atom stereocenters. The van der Waals surface area contributed by atoms with Crippen molar-refractivity contribution in [2.24, 2.45) is 0 Å². The van der Waals surface area contributed by atoms with Gasteiger partial charge in [-0.25, -0.2) is 0 Å². The van der Waals surface area contributed by atoms with E-state index >= 15 is 0 Å². The molecule has 0 spiro atoms. The van der Waals surface area contributed by atoms with E-state index in [1.165, 1.54) is 0 Å². The van der Waals surface area contributed by atoms with Gasteiger partial charge >= 0.3 is 0 Å². The van der Waals surface area contributed by atoms with Gasteiger partial charge in [0.1, 0.15) is 6.10 Å². The van der Waals surface area contributed by atoms with Crippen LogP contribution in [-0.2, 0) is 16.1 Å². The first kappa shape index (κ1) is 11.1. The van der Waals surface area contributed by atoms with E-state index in [1.54, 1.807) is 6.20 Å². The van der Waals surface area contributed by atoms with E-state index in [-0.39, 0.29) is 12.0 Å². The number of nitrogens with zero attached hydrogens (tertiary/aromatic N) is 1. The van der Waals surface area contributed by atoms with E-state index in [0.717, 1.165) is 25.0 Å². The standard InChI is InChI=1S/C12H16N2O2/c15-12(11-6-2-4-8-16-11)14-9-10-5-1-3-7-13-10/h1,3,5,7,11H,2,4,6,8-9H2,(H,14,15). The van der Waals surface area contributed by atoms with Gasteiger partial charge < -0.3 is 10.1 Å². The van der Waals surface area contributed by atoms with Crippen LogP contribution in [0, 0.1) is 0 Å². The van der Waals surface area contributed by atoms with Gasteiger partial charge in [0.2, 0.25) is 5.91 Å². The van der Waals surface area contributed by atoms with Gasteiger partial charge in [-0.3, -0.25) is 9.78 Å². The molecule has 0 aromatic carbocycles. The number of pyridine rings is 1. The van der Waals surface area contributed by atoms with Gasteiger partial charge in [-0.2, -0.15) is 0 Å². The van der Waals surface area contributed by atoms with Crippen LogP contribution in [0.3, 0.4) is 0 Å². The monoisotopic (exact) mass is 220 g/mol. The molecule has 0 radical (unpaired) electrons. The molecule has 1 atom stereocenters. The van der Waals surface area contributed by atoms with Gasteiger partial charge in [0, 0.05) is 12.8 Å². The first-order valence-corrected chi connectivity index (χ1v) is 5.65. The van der Waals surface area contributed by atoms with Crippen molar-refractivity contribution < 1.29 is 9.53 Å². The Hall–Kier alpha value is -1.42. The molecular weight excluding hydrogens is 204 g/mol. The summed E-state index contributed by atoms with van der Waals surface area (Å²) in [6.07, 6.45) is 4.41. The van der Waals surface area contributed by atoms with E-state index in [9.17, 15) is 4.79 Å². The Kier molecular flexibility index (Phi) is 3.88. The fraction of sp³-hybridized carbons (Fsp3) is 0.500. The lowest BCUT2D eigenvalue weighted by atomic mass is 10.1. The summed E-state index contributed by atoms with van der Waals surface area (Å²) in [5.41, 5.74) is 0.867. The third kappa shape index (κ3) is 3.03. The Morgan fingerprint density at radius 2 is 2.44 bits per heavy atom. The molecule has 1 saturated heterocycles. The summed E-state index contributed by atoms with van der Waals surface area (Å²) in [7, 11) is 0. The first-order valence-electron chi connectivity index (χ1n) is 5.65. The Morgan fingerprint density at radius 1 is 1.50 bits per heavy atom. The zero-order valence-corrected chi connectivity index (χ0v) is 9.19. The first-order chi connectivity index (χ1) is 7.86. The SMILES string of the molecule is O=C(NCc1ccccn1)C1CCCCO1. The molecule has 1 amide bonds. The van der Waals surface area contributed by atoms with Crippen LogP contribution in [0.2, 0.25) is 0 Å². The molecule has 0 bridgehead atoms. The second kappa shape index (κ2) is 5.61. The Morgan fingerprint density at radius 3 is 3.12 bits per heavy atom. The summed E-state index contributed by atoms with van der Waals surface area (Å²) in [5.74, 6) is -0.0228. The number of nitrogens with one attached hydrogen (secondary N) is 1. The molecule has 4 nitrogen and oxygen atoms in total. The van der Waals surface area contributed by atoms with Crippen LogP contribution in [-0.4, -0.2) is 23.6 Å². The van der Waals surface area contributed by atoms with E-state index in [0.29, 0.717) is 13.2 Å². The maximum Gasteiger partial charge on any atom is 0.249 e. The number of carbonyl (C=O) groups excluding carboxylic acids is 1. The van der Waals surface area contributed by atoms with E-state index in [4.69, 9.17) is 4.74 Å². The third-order valence-electron chi connectivity index (χ3n) is 2.64. The fourth-order valence-electron chi connectivity index (χ4n) is 1.74. The summed E-state index contributed by atoms with van der Waals surface area (Å²) < 4.78 is 5.40. The lowest BCUT2D eigenvalue weighted by Gasteiger charge is -2.21. The van der Waals surface area contributed by atoms with Crippen molar-refractivity contribution in [1.82, 2.24) is 10.3 Å². The fourth-order valence-corrected chi connectivity index (χ4v) is 1.74. The molecule has 1 aromatic heterocycles. The second-order valence-electron chi connectivity index (χ2n) is 3.89. The van der Waals surface area contributed by atoms with Crippen LogP contribution < -0.4 is 5.32 Å². The molecule has 86 valence electrons. The van der Waals surface area contributed by atoms with Gasteiger partial charge in [-0.05, 0) is 31.4 Å². The summed E-state index contributed by atoms with van der Waals surface area (Å²) >= 11 is 0. The molecule has 2 heterocycles. The number of amides is 1. The average Bonchev–Trinajstić information content (AvgIpc) is 2.38. The van der Waals surface area contributed by atoms with Gasteiger partial charge in [-0.1, -0.05) is 6.07 Å². The van der Waals surface area contributed by atoms with E-state index < -0.39 is 0 Å². The minimum atomic E-state index is -0.266. The summed E-state index contributed by atoms with van der Waals surface area (Å²) in [6, 6.07) is 5.66. The number of ether oxygens (including phenoxy) is 1. The van der Waals surface area contributed by atoms with Crippen LogP contribution in [0.1, 0.15) is 25.0 Å². The van der Waals surface area contributed by atoms with Crippen molar-refractivity contribution in [2.45, 2.75) is 31.9 Å². The van der Waals surface area contributed by atoms with Crippen LogP contribution in [0.15, 0.2) is 24.4 Å². The van der Waals surface area contributed by atoms with Crippen molar-refractivity contribution in [3.8, 4) is 0 Å². The largest absolute Gasteiger partial charge is 0.368 e. The molecule has 1 aromatic rings. The predicted octanol–water partition coefficient (Wildman–Crippen LogP) is 1.27. The topological polar surface area (TPSA) is 51.2 Å². The number of hydrogen-bond donors (Lipinski definition) is 1.